The molecule has 8 heteroatoms. The molecule has 0 bridgehead atoms. The Hall–Kier alpha value is -3.55. The molecule has 2 aromatic rings. The molecule has 1 N–H and O–H groups in total. The Bertz CT molecular complexity index is 1080. The van der Waals surface area contributed by atoms with Gasteiger partial charge in [0.1, 0.15) is 5.75 Å². The van der Waals surface area contributed by atoms with Gasteiger partial charge >= 0.3 is 0 Å². The van der Waals surface area contributed by atoms with Crippen LogP contribution in [0.2, 0.25) is 0 Å². The minimum atomic E-state index is -0.259. The fourth-order valence-corrected chi connectivity index (χ4v) is 4.57. The van der Waals surface area contributed by atoms with Crippen LogP contribution in [0.15, 0.2) is 42.5 Å². The largest absolute Gasteiger partial charge is 0.497 e. The van der Waals surface area contributed by atoms with Crippen LogP contribution in [0.25, 0.3) is 0 Å². The number of hydrogen-bond acceptors (Lipinski definition) is 5. The van der Waals surface area contributed by atoms with Crippen LogP contribution in [0.5, 0.6) is 5.75 Å². The Morgan fingerprint density at radius 3 is 2.30 bits per heavy atom. The molecule has 0 aliphatic carbocycles. The van der Waals surface area contributed by atoms with E-state index < -0.39 is 0 Å². The first-order chi connectivity index (χ1) is 17.8. The average molecular weight is 509 g/mol. The number of hydrogen-bond donors (Lipinski definition) is 1. The Kier molecular flexibility index (Phi) is 9.94. The molecule has 0 atom stereocenters. The van der Waals surface area contributed by atoms with Crippen molar-refractivity contribution in [3.63, 3.8) is 0 Å². The number of benzene rings is 2. The lowest BCUT2D eigenvalue weighted by Gasteiger charge is -2.28. The summed E-state index contributed by atoms with van der Waals surface area (Å²) in [5, 5.41) is 2.93. The van der Waals surface area contributed by atoms with E-state index >= 15 is 0 Å². The molecule has 0 spiro atoms. The lowest BCUT2D eigenvalue weighted by Crippen LogP contribution is -2.37. The van der Waals surface area contributed by atoms with Gasteiger partial charge in [-0.1, -0.05) is 13.8 Å². The predicted octanol–water partition coefficient (Wildman–Crippen LogP) is 4.51. The highest BCUT2D eigenvalue weighted by Crippen LogP contribution is 2.28. The van der Waals surface area contributed by atoms with Crippen LogP contribution in [0.4, 0.5) is 11.4 Å². The Morgan fingerprint density at radius 1 is 0.973 bits per heavy atom. The van der Waals surface area contributed by atoms with Gasteiger partial charge in [-0.15, -0.1) is 0 Å². The highest BCUT2D eigenvalue weighted by molar-refractivity contribution is 6.06. The number of rotatable bonds is 9. The van der Waals surface area contributed by atoms with Gasteiger partial charge in [-0.2, -0.15) is 0 Å². The Labute approximate surface area is 220 Å². The maximum atomic E-state index is 13.5. The summed E-state index contributed by atoms with van der Waals surface area (Å²) >= 11 is 0. The summed E-state index contributed by atoms with van der Waals surface area (Å²) in [5.74, 6) is 0.858. The van der Waals surface area contributed by atoms with E-state index in [1.807, 2.05) is 30.9 Å². The second-order valence-electron chi connectivity index (χ2n) is 9.71. The average Bonchev–Trinajstić information content (AvgIpc) is 3.15. The molecule has 1 heterocycles. The zero-order valence-electron chi connectivity index (χ0n) is 22.8. The second kappa shape index (κ2) is 13.1. The monoisotopic (exact) mass is 508 g/mol. The number of amides is 3. The molecule has 1 aliphatic rings. The lowest BCUT2D eigenvalue weighted by molar-refractivity contribution is -0.131. The maximum absolute atomic E-state index is 13.5. The van der Waals surface area contributed by atoms with Crippen molar-refractivity contribution in [2.75, 3.05) is 56.6 Å². The zero-order valence-corrected chi connectivity index (χ0v) is 22.8. The lowest BCUT2D eigenvalue weighted by atomic mass is 10.1. The van der Waals surface area contributed by atoms with E-state index in [0.29, 0.717) is 61.1 Å². The molecule has 0 unspecified atom stereocenters. The molecule has 1 fully saturated rings. The molecule has 37 heavy (non-hydrogen) atoms. The third-order valence-electron chi connectivity index (χ3n) is 6.66. The summed E-state index contributed by atoms with van der Waals surface area (Å²) in [6.45, 7) is 12.0. The van der Waals surface area contributed by atoms with E-state index in [4.69, 9.17) is 4.74 Å². The Morgan fingerprint density at radius 2 is 1.68 bits per heavy atom. The number of carbonyl (C=O) groups is 3. The standard InChI is InChI=1S/C29H40N4O4/c1-6-31(7-2)29(36)25-20-23(30-28(35)22-9-12-24(37-5)13-10-22)11-14-26(25)32-15-8-16-33(18-17-32)27(34)19-21(3)4/h9-14,20-21H,6-8,15-19H2,1-5H3,(H,30,35). The van der Waals surface area contributed by atoms with Crippen LogP contribution in [-0.2, 0) is 4.79 Å². The van der Waals surface area contributed by atoms with Gasteiger partial charge < -0.3 is 24.8 Å². The van der Waals surface area contributed by atoms with Gasteiger partial charge in [-0.25, -0.2) is 0 Å². The molecule has 0 radical (unpaired) electrons. The second-order valence-corrected chi connectivity index (χ2v) is 9.71. The highest BCUT2D eigenvalue weighted by atomic mass is 16.5. The van der Waals surface area contributed by atoms with E-state index in [9.17, 15) is 14.4 Å². The van der Waals surface area contributed by atoms with Gasteiger partial charge in [-0.05, 0) is 68.7 Å². The third-order valence-corrected chi connectivity index (χ3v) is 6.66. The zero-order chi connectivity index (χ0) is 26.9. The molecule has 200 valence electrons. The number of carbonyl (C=O) groups excluding carboxylic acids is 3. The summed E-state index contributed by atoms with van der Waals surface area (Å²) in [5.41, 5.74) is 2.44. The van der Waals surface area contributed by atoms with Crippen molar-refractivity contribution in [3.8, 4) is 5.75 Å². The maximum Gasteiger partial charge on any atom is 0.256 e. The van der Waals surface area contributed by atoms with Gasteiger partial charge in [0.15, 0.2) is 0 Å². The fraction of sp³-hybridized carbons (Fsp3) is 0.483. The van der Waals surface area contributed by atoms with Crippen LogP contribution in [0, 0.1) is 5.92 Å². The topological polar surface area (TPSA) is 82.2 Å². The van der Waals surface area contributed by atoms with Crippen molar-refractivity contribution < 1.29 is 19.1 Å². The molecular weight excluding hydrogens is 468 g/mol. The number of nitrogens with one attached hydrogen (secondary N) is 1. The minimum Gasteiger partial charge on any atom is -0.497 e. The number of methoxy groups -OCH3 is 1. The molecule has 8 nitrogen and oxygen atoms in total. The first-order valence-electron chi connectivity index (χ1n) is 13.2. The summed E-state index contributed by atoms with van der Waals surface area (Å²) in [6, 6.07) is 12.4. The van der Waals surface area contributed by atoms with E-state index in [2.05, 4.69) is 24.1 Å². The van der Waals surface area contributed by atoms with Crippen LogP contribution in [-0.4, -0.2) is 73.9 Å². The van der Waals surface area contributed by atoms with Crippen LogP contribution < -0.4 is 15.0 Å². The molecule has 3 amide bonds. The molecular formula is C29H40N4O4. The number of nitrogens with zero attached hydrogens (tertiary/aromatic N) is 3. The summed E-state index contributed by atoms with van der Waals surface area (Å²) in [7, 11) is 1.58. The summed E-state index contributed by atoms with van der Waals surface area (Å²) < 4.78 is 5.17. The minimum absolute atomic E-state index is 0.0717. The van der Waals surface area contributed by atoms with Gasteiger partial charge in [-0.3, -0.25) is 14.4 Å². The van der Waals surface area contributed by atoms with E-state index in [0.717, 1.165) is 25.2 Å². The van der Waals surface area contributed by atoms with Crippen LogP contribution >= 0.6 is 0 Å². The van der Waals surface area contributed by atoms with Crippen molar-refractivity contribution in [1.82, 2.24) is 9.80 Å². The quantitative estimate of drug-likeness (QED) is 0.539. The SMILES string of the molecule is CCN(CC)C(=O)c1cc(NC(=O)c2ccc(OC)cc2)ccc1N1CCCN(C(=O)CC(C)C)CC1. The van der Waals surface area contributed by atoms with Gasteiger partial charge in [0.25, 0.3) is 11.8 Å². The first kappa shape index (κ1) is 28.0. The molecule has 1 saturated heterocycles. The molecule has 0 aromatic heterocycles. The van der Waals surface area contributed by atoms with Crippen molar-refractivity contribution in [2.24, 2.45) is 5.92 Å². The van der Waals surface area contributed by atoms with Gasteiger partial charge in [0, 0.05) is 62.6 Å². The van der Waals surface area contributed by atoms with Crippen LogP contribution in [0.3, 0.4) is 0 Å². The van der Waals surface area contributed by atoms with E-state index in [-0.39, 0.29) is 17.7 Å². The highest BCUT2D eigenvalue weighted by Gasteiger charge is 2.25. The van der Waals surface area contributed by atoms with Crippen molar-refractivity contribution in [1.29, 1.82) is 0 Å². The van der Waals surface area contributed by atoms with Crippen LogP contribution in [0.1, 0.15) is 61.3 Å². The van der Waals surface area contributed by atoms with Gasteiger partial charge in [0.05, 0.1) is 12.7 Å². The molecule has 3 rings (SSSR count). The van der Waals surface area contributed by atoms with Gasteiger partial charge in [0.2, 0.25) is 5.91 Å². The van der Waals surface area contributed by atoms with Crippen molar-refractivity contribution in [3.05, 3.63) is 53.6 Å². The van der Waals surface area contributed by atoms with Crippen molar-refractivity contribution in [2.45, 2.75) is 40.5 Å². The normalized spacial score (nSPS) is 13.8. The third kappa shape index (κ3) is 7.24. The fourth-order valence-electron chi connectivity index (χ4n) is 4.57. The van der Waals surface area contributed by atoms with E-state index in [1.165, 1.54) is 0 Å². The molecule has 0 saturated carbocycles. The van der Waals surface area contributed by atoms with Crippen molar-refractivity contribution >= 4 is 29.1 Å². The smallest absolute Gasteiger partial charge is 0.256 e. The Balaban J connectivity index is 1.85. The number of anilines is 2. The number of ether oxygens (including phenoxy) is 1. The van der Waals surface area contributed by atoms with E-state index in [1.54, 1.807) is 42.3 Å². The predicted molar refractivity (Wildman–Crippen MR) is 148 cm³/mol. The molecule has 1 aliphatic heterocycles. The first-order valence-corrected chi connectivity index (χ1v) is 13.2. The summed E-state index contributed by atoms with van der Waals surface area (Å²) in [6.07, 6.45) is 1.38. The molecule has 2 aromatic carbocycles. The summed E-state index contributed by atoms with van der Waals surface area (Å²) in [4.78, 5) is 44.9.